The first-order valence-corrected chi connectivity index (χ1v) is 6.48. The molecule has 0 saturated heterocycles. The first kappa shape index (κ1) is 14.0. The molecule has 0 radical (unpaired) electrons. The third-order valence-electron chi connectivity index (χ3n) is 3.59. The first-order chi connectivity index (χ1) is 9.08. The summed E-state index contributed by atoms with van der Waals surface area (Å²) in [5.41, 5.74) is 7.01. The van der Waals surface area contributed by atoms with Crippen LogP contribution < -0.4 is 19.9 Å². The van der Waals surface area contributed by atoms with Gasteiger partial charge in [0.1, 0.15) is 0 Å². The molecule has 2 N–H and O–H groups in total. The molecule has 1 aromatic rings. The van der Waals surface area contributed by atoms with Crippen molar-refractivity contribution in [1.82, 2.24) is 4.90 Å². The standard InChI is InChI=1S/C14H22N2O3/c1-9(2)16(3)11(7-15)10-5-12(17-4)14-13(6-10)18-8-19-14/h5-6,9,11H,7-8,15H2,1-4H3. The van der Waals surface area contributed by atoms with Crippen LogP contribution in [0.5, 0.6) is 17.2 Å². The topological polar surface area (TPSA) is 57.0 Å². The average Bonchev–Trinajstić information content (AvgIpc) is 2.86. The highest BCUT2D eigenvalue weighted by Gasteiger charge is 2.25. The smallest absolute Gasteiger partial charge is 0.231 e. The molecule has 1 unspecified atom stereocenters. The van der Waals surface area contributed by atoms with Gasteiger partial charge < -0.3 is 19.9 Å². The number of ether oxygens (including phenoxy) is 3. The Bertz CT molecular complexity index is 449. The second kappa shape index (κ2) is 5.67. The van der Waals surface area contributed by atoms with E-state index in [1.165, 1.54) is 0 Å². The molecule has 0 aromatic heterocycles. The van der Waals surface area contributed by atoms with E-state index in [2.05, 4.69) is 25.8 Å². The maximum atomic E-state index is 5.93. The highest BCUT2D eigenvalue weighted by atomic mass is 16.7. The third-order valence-corrected chi connectivity index (χ3v) is 3.59. The van der Waals surface area contributed by atoms with Crippen molar-refractivity contribution in [2.45, 2.75) is 25.9 Å². The van der Waals surface area contributed by atoms with Gasteiger partial charge in [-0.1, -0.05) is 0 Å². The fourth-order valence-electron chi connectivity index (χ4n) is 2.24. The normalized spacial score (nSPS) is 15.1. The Balaban J connectivity index is 2.38. The van der Waals surface area contributed by atoms with E-state index in [9.17, 15) is 0 Å². The molecule has 2 rings (SSSR count). The van der Waals surface area contributed by atoms with Crippen molar-refractivity contribution in [1.29, 1.82) is 0 Å². The highest BCUT2D eigenvalue weighted by molar-refractivity contribution is 5.55. The summed E-state index contributed by atoms with van der Waals surface area (Å²) in [7, 11) is 3.70. The molecule has 1 aliphatic heterocycles. The van der Waals surface area contributed by atoms with E-state index in [4.69, 9.17) is 19.9 Å². The predicted octanol–water partition coefficient (Wildman–Crippen LogP) is 1.76. The molecule has 0 spiro atoms. The summed E-state index contributed by atoms with van der Waals surface area (Å²) in [5.74, 6) is 2.10. The van der Waals surface area contributed by atoms with Gasteiger partial charge >= 0.3 is 0 Å². The fourth-order valence-corrected chi connectivity index (χ4v) is 2.24. The quantitative estimate of drug-likeness (QED) is 0.880. The van der Waals surface area contributed by atoms with Gasteiger partial charge in [-0.05, 0) is 38.6 Å². The van der Waals surface area contributed by atoms with Gasteiger partial charge in [-0.3, -0.25) is 4.90 Å². The van der Waals surface area contributed by atoms with E-state index in [-0.39, 0.29) is 12.8 Å². The molecule has 1 heterocycles. The highest BCUT2D eigenvalue weighted by Crippen LogP contribution is 2.43. The van der Waals surface area contributed by atoms with Crippen LogP contribution in [0.4, 0.5) is 0 Å². The number of hydrogen-bond acceptors (Lipinski definition) is 5. The molecular formula is C14H22N2O3. The molecule has 0 saturated carbocycles. The van der Waals surface area contributed by atoms with Gasteiger partial charge in [0.25, 0.3) is 0 Å². The summed E-state index contributed by atoms with van der Waals surface area (Å²) in [6.07, 6.45) is 0. The van der Waals surface area contributed by atoms with E-state index >= 15 is 0 Å². The molecule has 106 valence electrons. The molecule has 19 heavy (non-hydrogen) atoms. The zero-order chi connectivity index (χ0) is 14.0. The number of methoxy groups -OCH3 is 1. The minimum Gasteiger partial charge on any atom is -0.493 e. The van der Waals surface area contributed by atoms with Crippen molar-refractivity contribution >= 4 is 0 Å². The summed E-state index contributed by atoms with van der Waals surface area (Å²) in [4.78, 5) is 2.23. The number of fused-ring (bicyclic) bond motifs is 1. The number of rotatable bonds is 5. The first-order valence-electron chi connectivity index (χ1n) is 6.48. The van der Waals surface area contributed by atoms with Gasteiger partial charge in [0.15, 0.2) is 11.5 Å². The van der Waals surface area contributed by atoms with Crippen LogP contribution in [-0.4, -0.2) is 38.4 Å². The van der Waals surface area contributed by atoms with Crippen LogP contribution in [0.25, 0.3) is 0 Å². The molecular weight excluding hydrogens is 244 g/mol. The van der Waals surface area contributed by atoms with Gasteiger partial charge in [-0.2, -0.15) is 0 Å². The fraction of sp³-hybridized carbons (Fsp3) is 0.571. The van der Waals surface area contributed by atoms with Crippen LogP contribution >= 0.6 is 0 Å². The van der Waals surface area contributed by atoms with Crippen molar-refractivity contribution in [2.75, 3.05) is 27.5 Å². The Hall–Kier alpha value is -1.46. The van der Waals surface area contributed by atoms with Gasteiger partial charge in [0.05, 0.1) is 7.11 Å². The van der Waals surface area contributed by atoms with Crippen molar-refractivity contribution in [3.05, 3.63) is 17.7 Å². The minimum atomic E-state index is 0.128. The SMILES string of the molecule is COc1cc(C(CN)N(C)C(C)C)cc2c1OCO2. The van der Waals surface area contributed by atoms with E-state index in [0.29, 0.717) is 24.1 Å². The average molecular weight is 266 g/mol. The molecule has 0 fully saturated rings. The van der Waals surface area contributed by atoms with Crippen LogP contribution in [0, 0.1) is 0 Å². The van der Waals surface area contributed by atoms with Gasteiger partial charge in [-0.25, -0.2) is 0 Å². The molecule has 1 aromatic carbocycles. The Morgan fingerprint density at radius 1 is 1.37 bits per heavy atom. The van der Waals surface area contributed by atoms with E-state index in [1.807, 2.05) is 12.1 Å². The van der Waals surface area contributed by atoms with Crippen LogP contribution in [0.3, 0.4) is 0 Å². The van der Waals surface area contributed by atoms with Gasteiger partial charge in [0.2, 0.25) is 12.5 Å². The Morgan fingerprint density at radius 3 is 2.68 bits per heavy atom. The van der Waals surface area contributed by atoms with E-state index in [0.717, 1.165) is 11.3 Å². The van der Waals surface area contributed by atoms with E-state index < -0.39 is 0 Å². The van der Waals surface area contributed by atoms with Crippen LogP contribution in [0.1, 0.15) is 25.5 Å². The number of hydrogen-bond donors (Lipinski definition) is 1. The molecule has 5 nitrogen and oxygen atoms in total. The molecule has 0 aliphatic carbocycles. The van der Waals surface area contributed by atoms with Crippen molar-refractivity contribution in [2.24, 2.45) is 5.73 Å². The van der Waals surface area contributed by atoms with Crippen LogP contribution in [-0.2, 0) is 0 Å². The maximum Gasteiger partial charge on any atom is 0.231 e. The monoisotopic (exact) mass is 266 g/mol. The second-order valence-corrected chi connectivity index (χ2v) is 4.97. The number of nitrogens with zero attached hydrogens (tertiary/aromatic N) is 1. The van der Waals surface area contributed by atoms with Gasteiger partial charge in [0, 0.05) is 18.6 Å². The molecule has 0 bridgehead atoms. The van der Waals surface area contributed by atoms with Crippen LogP contribution in [0.2, 0.25) is 0 Å². The maximum absolute atomic E-state index is 5.93. The van der Waals surface area contributed by atoms with Crippen LogP contribution in [0.15, 0.2) is 12.1 Å². The Labute approximate surface area is 114 Å². The second-order valence-electron chi connectivity index (χ2n) is 4.97. The summed E-state index contributed by atoms with van der Waals surface area (Å²) < 4.78 is 16.2. The van der Waals surface area contributed by atoms with E-state index in [1.54, 1.807) is 7.11 Å². The number of benzene rings is 1. The molecule has 1 atom stereocenters. The summed E-state index contributed by atoms with van der Waals surface area (Å²) >= 11 is 0. The zero-order valence-corrected chi connectivity index (χ0v) is 12.0. The number of nitrogens with two attached hydrogens (primary N) is 1. The largest absolute Gasteiger partial charge is 0.493 e. The third kappa shape index (κ3) is 2.62. The Kier molecular flexibility index (Phi) is 4.17. The minimum absolute atomic E-state index is 0.128. The molecule has 1 aliphatic rings. The van der Waals surface area contributed by atoms with Crippen molar-refractivity contribution in [3.8, 4) is 17.2 Å². The lowest BCUT2D eigenvalue weighted by molar-refractivity contribution is 0.171. The zero-order valence-electron chi connectivity index (χ0n) is 12.0. The Morgan fingerprint density at radius 2 is 2.11 bits per heavy atom. The summed E-state index contributed by atoms with van der Waals surface area (Å²) in [6, 6.07) is 4.50. The van der Waals surface area contributed by atoms with Crippen molar-refractivity contribution < 1.29 is 14.2 Å². The predicted molar refractivity (Wildman–Crippen MR) is 73.8 cm³/mol. The summed E-state index contributed by atoms with van der Waals surface area (Å²) in [5, 5.41) is 0. The number of likely N-dealkylation sites (N-methyl/N-ethyl adjacent to an activating group) is 1. The lowest BCUT2D eigenvalue weighted by Crippen LogP contribution is -2.35. The molecule has 0 amide bonds. The van der Waals surface area contributed by atoms with Gasteiger partial charge in [-0.15, -0.1) is 0 Å². The van der Waals surface area contributed by atoms with Crippen molar-refractivity contribution in [3.63, 3.8) is 0 Å². The lowest BCUT2D eigenvalue weighted by Gasteiger charge is -2.31. The summed E-state index contributed by atoms with van der Waals surface area (Å²) in [6.45, 7) is 5.07. The lowest BCUT2D eigenvalue weighted by atomic mass is 10.0. The molecule has 5 heteroatoms.